The second-order valence-corrected chi connectivity index (χ2v) is 9.81. The van der Waals surface area contributed by atoms with Gasteiger partial charge in [0.05, 0.1) is 4.91 Å². The van der Waals surface area contributed by atoms with E-state index in [1.165, 1.54) is 19.3 Å². The Labute approximate surface area is 175 Å². The van der Waals surface area contributed by atoms with Crippen molar-refractivity contribution in [1.82, 2.24) is 10.6 Å². The number of rotatable bonds is 3. The van der Waals surface area contributed by atoms with Crippen molar-refractivity contribution in [2.45, 2.75) is 68.7 Å². The highest BCUT2D eigenvalue weighted by molar-refractivity contribution is 8.04. The fourth-order valence-corrected chi connectivity index (χ4v) is 6.00. The molecule has 2 aliphatic carbocycles. The van der Waals surface area contributed by atoms with Gasteiger partial charge in [0.15, 0.2) is 0 Å². The summed E-state index contributed by atoms with van der Waals surface area (Å²) < 4.78 is 0. The minimum Gasteiger partial charge on any atom is -0.353 e. The molecule has 0 spiro atoms. The molecule has 1 heterocycles. The average Bonchev–Trinajstić information content (AvgIpc) is 2.70. The molecule has 2 N–H and O–H groups in total. The number of carbonyl (C=O) groups excluding carboxylic acids is 2. The summed E-state index contributed by atoms with van der Waals surface area (Å²) in [5.74, 6) is 0.139. The van der Waals surface area contributed by atoms with E-state index >= 15 is 0 Å². The SMILES string of the molecule is O=C1NC2CC(C(=O)NC3CCCCC3)CCC2S/C1=C/c1ccccc1Cl. The first-order valence-electron chi connectivity index (χ1n) is 10.3. The van der Waals surface area contributed by atoms with Crippen molar-refractivity contribution in [3.05, 3.63) is 39.8 Å². The van der Waals surface area contributed by atoms with Gasteiger partial charge in [-0.1, -0.05) is 49.1 Å². The molecule has 6 heteroatoms. The van der Waals surface area contributed by atoms with Crippen LogP contribution in [0.15, 0.2) is 29.2 Å². The molecule has 28 heavy (non-hydrogen) atoms. The molecule has 0 aromatic heterocycles. The van der Waals surface area contributed by atoms with Crippen LogP contribution < -0.4 is 10.6 Å². The Morgan fingerprint density at radius 3 is 2.71 bits per heavy atom. The molecule has 2 amide bonds. The molecule has 3 aliphatic rings. The first-order valence-corrected chi connectivity index (χ1v) is 11.6. The van der Waals surface area contributed by atoms with Crippen molar-refractivity contribution in [1.29, 1.82) is 0 Å². The zero-order valence-electron chi connectivity index (χ0n) is 16.0. The molecule has 4 rings (SSSR count). The standard InChI is InChI=1S/C22H27ClN2O2S/c23-17-9-5-4-6-14(17)13-20-22(27)25-18-12-15(10-11-19(18)28-20)21(26)24-16-7-2-1-3-8-16/h4-6,9,13,15-16,18-19H,1-3,7-8,10-12H2,(H,24,26)(H,25,27)/b20-13+. The fraction of sp³-hybridized carbons (Fsp3) is 0.545. The number of benzene rings is 1. The number of fused-ring (bicyclic) bond motifs is 1. The summed E-state index contributed by atoms with van der Waals surface area (Å²) in [7, 11) is 0. The molecule has 4 nitrogen and oxygen atoms in total. The third kappa shape index (κ3) is 4.57. The molecule has 1 aliphatic heterocycles. The van der Waals surface area contributed by atoms with Crippen LogP contribution in [-0.2, 0) is 9.59 Å². The quantitative estimate of drug-likeness (QED) is 0.709. The summed E-state index contributed by atoms with van der Waals surface area (Å²) in [5, 5.41) is 7.38. The molecule has 2 saturated carbocycles. The molecule has 3 unspecified atom stereocenters. The van der Waals surface area contributed by atoms with Crippen LogP contribution in [0.3, 0.4) is 0 Å². The van der Waals surface area contributed by atoms with Gasteiger partial charge in [-0.2, -0.15) is 0 Å². The predicted octanol–water partition coefficient (Wildman–Crippen LogP) is 4.53. The van der Waals surface area contributed by atoms with E-state index in [2.05, 4.69) is 10.6 Å². The summed E-state index contributed by atoms with van der Waals surface area (Å²) in [6, 6.07) is 7.97. The zero-order chi connectivity index (χ0) is 19.5. The first-order chi connectivity index (χ1) is 13.6. The van der Waals surface area contributed by atoms with Crippen molar-refractivity contribution < 1.29 is 9.59 Å². The molecular weight excluding hydrogens is 392 g/mol. The van der Waals surface area contributed by atoms with Crippen LogP contribution in [0.5, 0.6) is 0 Å². The Balaban J connectivity index is 1.37. The zero-order valence-corrected chi connectivity index (χ0v) is 17.5. The van der Waals surface area contributed by atoms with Crippen molar-refractivity contribution in [2.24, 2.45) is 5.92 Å². The lowest BCUT2D eigenvalue weighted by Crippen LogP contribution is -2.52. The van der Waals surface area contributed by atoms with E-state index in [9.17, 15) is 9.59 Å². The molecule has 0 radical (unpaired) electrons. The van der Waals surface area contributed by atoms with Crippen LogP contribution in [0.4, 0.5) is 0 Å². The molecular formula is C22H27ClN2O2S. The lowest BCUT2D eigenvalue weighted by molar-refractivity contribution is -0.128. The lowest BCUT2D eigenvalue weighted by Gasteiger charge is -2.39. The average molecular weight is 419 g/mol. The van der Waals surface area contributed by atoms with E-state index in [0.717, 1.165) is 37.7 Å². The van der Waals surface area contributed by atoms with Gasteiger partial charge in [-0.25, -0.2) is 0 Å². The van der Waals surface area contributed by atoms with E-state index in [1.807, 2.05) is 30.3 Å². The Hall–Kier alpha value is -1.46. The van der Waals surface area contributed by atoms with Crippen LogP contribution in [0.2, 0.25) is 5.02 Å². The van der Waals surface area contributed by atoms with E-state index in [-0.39, 0.29) is 23.8 Å². The van der Waals surface area contributed by atoms with E-state index in [4.69, 9.17) is 11.6 Å². The van der Waals surface area contributed by atoms with Crippen LogP contribution in [0.25, 0.3) is 6.08 Å². The second-order valence-electron chi connectivity index (χ2n) is 8.12. The molecule has 1 aromatic carbocycles. The normalized spacial score (nSPS) is 29.8. The highest BCUT2D eigenvalue weighted by atomic mass is 35.5. The summed E-state index contributed by atoms with van der Waals surface area (Å²) in [4.78, 5) is 26.0. The molecule has 1 aromatic rings. The number of carbonyl (C=O) groups is 2. The van der Waals surface area contributed by atoms with Gasteiger partial charge in [-0.05, 0) is 49.8 Å². The summed E-state index contributed by atoms with van der Waals surface area (Å²) in [6.07, 6.45) is 10.4. The summed E-state index contributed by atoms with van der Waals surface area (Å²) >= 11 is 7.87. The number of thioether (sulfide) groups is 1. The summed E-state index contributed by atoms with van der Waals surface area (Å²) in [6.45, 7) is 0. The Morgan fingerprint density at radius 2 is 1.93 bits per heavy atom. The predicted molar refractivity (Wildman–Crippen MR) is 115 cm³/mol. The highest BCUT2D eigenvalue weighted by Crippen LogP contribution is 2.40. The lowest BCUT2D eigenvalue weighted by atomic mass is 9.84. The minimum atomic E-state index is -0.0560. The van der Waals surface area contributed by atoms with Crippen LogP contribution in [0, 0.1) is 5.92 Å². The number of halogens is 1. The molecule has 1 saturated heterocycles. The second kappa shape index (κ2) is 8.91. The Bertz CT molecular complexity index is 776. The van der Waals surface area contributed by atoms with E-state index < -0.39 is 0 Å². The van der Waals surface area contributed by atoms with Gasteiger partial charge in [-0.15, -0.1) is 11.8 Å². The van der Waals surface area contributed by atoms with Crippen LogP contribution in [-0.4, -0.2) is 29.1 Å². The minimum absolute atomic E-state index is 0.0122. The fourth-order valence-electron chi connectivity index (χ4n) is 4.53. The van der Waals surface area contributed by atoms with Gasteiger partial charge in [0.25, 0.3) is 5.91 Å². The maximum atomic E-state index is 12.7. The van der Waals surface area contributed by atoms with Crippen molar-refractivity contribution in [3.63, 3.8) is 0 Å². The maximum Gasteiger partial charge on any atom is 0.257 e. The number of amides is 2. The highest BCUT2D eigenvalue weighted by Gasteiger charge is 2.40. The van der Waals surface area contributed by atoms with Gasteiger partial charge in [-0.3, -0.25) is 9.59 Å². The maximum absolute atomic E-state index is 12.7. The molecule has 3 fully saturated rings. The van der Waals surface area contributed by atoms with Crippen LogP contribution in [0.1, 0.15) is 56.9 Å². The van der Waals surface area contributed by atoms with E-state index in [0.29, 0.717) is 21.2 Å². The van der Waals surface area contributed by atoms with Gasteiger partial charge in [0.1, 0.15) is 0 Å². The van der Waals surface area contributed by atoms with Crippen molar-refractivity contribution >= 4 is 41.3 Å². The van der Waals surface area contributed by atoms with E-state index in [1.54, 1.807) is 11.8 Å². The van der Waals surface area contributed by atoms with Gasteiger partial charge >= 0.3 is 0 Å². The third-order valence-corrected chi connectivity index (χ3v) is 7.89. The Morgan fingerprint density at radius 1 is 1.14 bits per heavy atom. The van der Waals surface area contributed by atoms with Gasteiger partial charge in [0.2, 0.25) is 5.91 Å². The van der Waals surface area contributed by atoms with Gasteiger partial charge < -0.3 is 10.6 Å². The third-order valence-electron chi connectivity index (χ3n) is 6.12. The number of hydrogen-bond donors (Lipinski definition) is 2. The smallest absolute Gasteiger partial charge is 0.257 e. The largest absolute Gasteiger partial charge is 0.353 e. The number of hydrogen-bond acceptors (Lipinski definition) is 3. The van der Waals surface area contributed by atoms with Crippen molar-refractivity contribution in [2.75, 3.05) is 0 Å². The molecule has 150 valence electrons. The molecule has 3 atom stereocenters. The van der Waals surface area contributed by atoms with Gasteiger partial charge in [0, 0.05) is 28.3 Å². The topological polar surface area (TPSA) is 58.2 Å². The Kier molecular flexibility index (Phi) is 6.32. The summed E-state index contributed by atoms with van der Waals surface area (Å²) in [5.41, 5.74) is 0.862. The van der Waals surface area contributed by atoms with Crippen LogP contribution >= 0.6 is 23.4 Å². The van der Waals surface area contributed by atoms with Crippen molar-refractivity contribution in [3.8, 4) is 0 Å². The monoisotopic (exact) mass is 418 g/mol. The number of nitrogens with one attached hydrogen (secondary N) is 2. The first kappa shape index (κ1) is 19.8. The molecule has 0 bridgehead atoms.